The van der Waals surface area contributed by atoms with Gasteiger partial charge >= 0.3 is 0 Å². The molecule has 0 aromatic heterocycles. The van der Waals surface area contributed by atoms with Crippen molar-refractivity contribution in [3.63, 3.8) is 0 Å². The van der Waals surface area contributed by atoms with Gasteiger partial charge in [-0.25, -0.2) is 0 Å². The molecule has 0 saturated heterocycles. The third-order valence-corrected chi connectivity index (χ3v) is 7.03. The molecule has 4 nitrogen and oxygen atoms in total. The average molecular weight is 497 g/mol. The van der Waals surface area contributed by atoms with Crippen LogP contribution < -0.4 is 10.6 Å². The lowest BCUT2D eigenvalue weighted by Gasteiger charge is -2.21. The lowest BCUT2D eigenvalue weighted by Crippen LogP contribution is -2.05. The lowest BCUT2D eigenvalue weighted by atomic mass is 9.90. The number of hydrogen-bond acceptors (Lipinski definition) is 4. The maximum absolute atomic E-state index is 10.4. The van der Waals surface area contributed by atoms with Gasteiger partial charge < -0.3 is 20.8 Å². The Labute approximate surface area is 221 Å². The molecule has 186 valence electrons. The van der Waals surface area contributed by atoms with Crippen LogP contribution in [0.2, 0.25) is 0 Å². The number of rotatable bonds is 7. The van der Waals surface area contributed by atoms with E-state index in [-0.39, 0.29) is 11.5 Å². The Bertz CT molecular complexity index is 1630. The highest BCUT2D eigenvalue weighted by molar-refractivity contribution is 6.13. The highest BCUT2D eigenvalue weighted by Gasteiger charge is 2.17. The second-order valence-electron chi connectivity index (χ2n) is 9.38. The van der Waals surface area contributed by atoms with Gasteiger partial charge in [-0.1, -0.05) is 97.1 Å². The summed E-state index contributed by atoms with van der Waals surface area (Å²) in [5.74, 6) is 0.551. The SMILES string of the molecule is Oc1ccccc1CNc1ccc2ccccc2c1-c1c(NCc2ccccc2O)ccc2ccccc12. The van der Waals surface area contributed by atoms with E-state index >= 15 is 0 Å². The summed E-state index contributed by atoms with van der Waals surface area (Å²) in [5.41, 5.74) is 5.82. The number of phenolic OH excluding ortho intramolecular Hbond substituents is 2. The number of phenols is 2. The van der Waals surface area contributed by atoms with E-state index in [1.165, 1.54) is 0 Å². The van der Waals surface area contributed by atoms with Crippen molar-refractivity contribution in [3.05, 3.63) is 132 Å². The largest absolute Gasteiger partial charge is 0.508 e. The van der Waals surface area contributed by atoms with Crippen molar-refractivity contribution in [2.75, 3.05) is 10.6 Å². The standard InChI is InChI=1S/C34H28N2O2/c37-31-15-7-3-11-25(31)21-35-29-19-17-23-9-1-5-13-27(23)33(29)34-28-14-6-2-10-24(28)18-20-30(34)36-22-26-12-4-8-16-32(26)38/h1-20,35-38H,21-22H2. The fourth-order valence-electron chi connectivity index (χ4n) is 5.08. The molecule has 0 heterocycles. The van der Waals surface area contributed by atoms with E-state index in [2.05, 4.69) is 83.4 Å². The van der Waals surface area contributed by atoms with Crippen LogP contribution in [-0.4, -0.2) is 10.2 Å². The molecule has 0 aliphatic heterocycles. The number of aromatic hydroxyl groups is 2. The molecule has 6 rings (SSSR count). The zero-order chi connectivity index (χ0) is 25.9. The molecule has 0 fully saturated rings. The van der Waals surface area contributed by atoms with Crippen LogP contribution in [0, 0.1) is 0 Å². The zero-order valence-electron chi connectivity index (χ0n) is 20.9. The molecular formula is C34H28N2O2. The Hall–Kier alpha value is -4.96. The van der Waals surface area contributed by atoms with Crippen LogP contribution in [0.15, 0.2) is 121 Å². The van der Waals surface area contributed by atoms with Crippen molar-refractivity contribution in [1.29, 1.82) is 0 Å². The number of fused-ring (bicyclic) bond motifs is 2. The molecule has 38 heavy (non-hydrogen) atoms. The molecule has 0 atom stereocenters. The third kappa shape index (κ3) is 4.48. The Morgan fingerprint density at radius 1 is 0.421 bits per heavy atom. The smallest absolute Gasteiger partial charge is 0.120 e. The molecule has 6 aromatic carbocycles. The van der Waals surface area contributed by atoms with Crippen molar-refractivity contribution in [3.8, 4) is 22.6 Å². The first-order valence-electron chi connectivity index (χ1n) is 12.7. The summed E-state index contributed by atoms with van der Waals surface area (Å²) in [5, 5.41) is 32.5. The molecule has 0 spiro atoms. The molecule has 0 saturated carbocycles. The van der Waals surface area contributed by atoms with E-state index in [4.69, 9.17) is 0 Å². The Morgan fingerprint density at radius 2 is 0.816 bits per heavy atom. The first-order chi connectivity index (χ1) is 18.7. The van der Waals surface area contributed by atoms with Crippen molar-refractivity contribution in [2.24, 2.45) is 0 Å². The van der Waals surface area contributed by atoms with Gasteiger partial charge in [0.1, 0.15) is 11.5 Å². The van der Waals surface area contributed by atoms with Crippen LogP contribution in [0.4, 0.5) is 11.4 Å². The molecule has 0 bridgehead atoms. The Kier molecular flexibility index (Phi) is 6.29. The second kappa shape index (κ2) is 10.2. The summed E-state index contributed by atoms with van der Waals surface area (Å²) in [6.45, 7) is 0.979. The highest BCUT2D eigenvalue weighted by atomic mass is 16.3. The van der Waals surface area contributed by atoms with Crippen LogP contribution in [0.5, 0.6) is 11.5 Å². The fraction of sp³-hybridized carbons (Fsp3) is 0.0588. The van der Waals surface area contributed by atoms with Crippen LogP contribution in [-0.2, 0) is 13.1 Å². The van der Waals surface area contributed by atoms with Crippen LogP contribution in [0.3, 0.4) is 0 Å². The number of anilines is 2. The van der Waals surface area contributed by atoms with Gasteiger partial charge in [0.2, 0.25) is 0 Å². The van der Waals surface area contributed by atoms with E-state index in [0.29, 0.717) is 13.1 Å². The molecule has 0 amide bonds. The zero-order valence-corrected chi connectivity index (χ0v) is 20.9. The highest BCUT2D eigenvalue weighted by Crippen LogP contribution is 2.44. The van der Waals surface area contributed by atoms with Gasteiger partial charge in [-0.05, 0) is 45.8 Å². The molecular weight excluding hydrogens is 468 g/mol. The van der Waals surface area contributed by atoms with E-state index < -0.39 is 0 Å². The first kappa shape index (κ1) is 23.4. The van der Waals surface area contributed by atoms with Crippen molar-refractivity contribution >= 4 is 32.9 Å². The van der Waals surface area contributed by atoms with E-state index in [9.17, 15) is 10.2 Å². The average Bonchev–Trinajstić information content (AvgIpc) is 2.96. The van der Waals surface area contributed by atoms with Crippen LogP contribution in [0.25, 0.3) is 32.7 Å². The number of nitrogens with one attached hydrogen (secondary N) is 2. The van der Waals surface area contributed by atoms with Gasteiger partial charge in [0.25, 0.3) is 0 Å². The predicted octanol–water partition coefficient (Wildman–Crippen LogP) is 8.30. The number of para-hydroxylation sites is 2. The summed E-state index contributed by atoms with van der Waals surface area (Å²) in [4.78, 5) is 0. The summed E-state index contributed by atoms with van der Waals surface area (Å²) < 4.78 is 0. The topological polar surface area (TPSA) is 64.5 Å². The van der Waals surface area contributed by atoms with E-state index in [0.717, 1.165) is 55.2 Å². The minimum absolute atomic E-state index is 0.275. The monoisotopic (exact) mass is 496 g/mol. The van der Waals surface area contributed by atoms with Crippen molar-refractivity contribution < 1.29 is 10.2 Å². The fourth-order valence-corrected chi connectivity index (χ4v) is 5.08. The summed E-state index contributed by atoms with van der Waals surface area (Å²) >= 11 is 0. The second-order valence-corrected chi connectivity index (χ2v) is 9.38. The van der Waals surface area contributed by atoms with Crippen molar-refractivity contribution in [2.45, 2.75) is 13.1 Å². The number of benzene rings is 6. The van der Waals surface area contributed by atoms with Crippen LogP contribution >= 0.6 is 0 Å². The van der Waals surface area contributed by atoms with Gasteiger partial charge in [-0.15, -0.1) is 0 Å². The maximum Gasteiger partial charge on any atom is 0.120 e. The van der Waals surface area contributed by atoms with Gasteiger partial charge in [0, 0.05) is 46.7 Å². The van der Waals surface area contributed by atoms with Gasteiger partial charge in [-0.2, -0.15) is 0 Å². The minimum atomic E-state index is 0.275. The van der Waals surface area contributed by atoms with E-state index in [1.807, 2.05) is 36.4 Å². The molecule has 6 aromatic rings. The molecule has 0 aliphatic carbocycles. The Balaban J connectivity index is 1.53. The summed E-state index contributed by atoms with van der Waals surface area (Å²) in [6.07, 6.45) is 0. The Morgan fingerprint density at radius 3 is 1.26 bits per heavy atom. The maximum atomic E-state index is 10.4. The molecule has 0 radical (unpaired) electrons. The quantitative estimate of drug-likeness (QED) is 0.179. The summed E-state index contributed by atoms with van der Waals surface area (Å²) in [6, 6.07) is 40.1. The molecule has 4 N–H and O–H groups in total. The molecule has 4 heteroatoms. The van der Waals surface area contributed by atoms with Gasteiger partial charge in [-0.3, -0.25) is 0 Å². The molecule has 0 aliphatic rings. The van der Waals surface area contributed by atoms with E-state index in [1.54, 1.807) is 12.1 Å². The number of hydrogen-bond donors (Lipinski definition) is 4. The first-order valence-corrected chi connectivity index (χ1v) is 12.7. The van der Waals surface area contributed by atoms with Gasteiger partial charge in [0.15, 0.2) is 0 Å². The van der Waals surface area contributed by atoms with Crippen molar-refractivity contribution in [1.82, 2.24) is 0 Å². The third-order valence-electron chi connectivity index (χ3n) is 7.03. The van der Waals surface area contributed by atoms with Gasteiger partial charge in [0.05, 0.1) is 0 Å². The lowest BCUT2D eigenvalue weighted by molar-refractivity contribution is 0.468. The van der Waals surface area contributed by atoms with Crippen LogP contribution in [0.1, 0.15) is 11.1 Å². The minimum Gasteiger partial charge on any atom is -0.508 e. The summed E-state index contributed by atoms with van der Waals surface area (Å²) in [7, 11) is 0. The predicted molar refractivity (Wildman–Crippen MR) is 158 cm³/mol. The molecule has 0 unspecified atom stereocenters. The normalized spacial score (nSPS) is 11.1.